The molecule has 3 aromatic carbocycles. The van der Waals surface area contributed by atoms with Gasteiger partial charge < -0.3 is 24.3 Å². The molecule has 1 aromatic heterocycles. The summed E-state index contributed by atoms with van der Waals surface area (Å²) in [6, 6.07) is 21.1. The number of fused-ring (bicyclic) bond motifs is 2. The van der Waals surface area contributed by atoms with Crippen molar-refractivity contribution in [2.24, 2.45) is 0 Å². The van der Waals surface area contributed by atoms with Gasteiger partial charge in [0.05, 0.1) is 5.56 Å². The third-order valence-electron chi connectivity index (χ3n) is 6.54. The van der Waals surface area contributed by atoms with Crippen LogP contribution in [0.5, 0.6) is 11.5 Å². The summed E-state index contributed by atoms with van der Waals surface area (Å²) in [5.74, 6) is -0.717. The van der Waals surface area contributed by atoms with Gasteiger partial charge in [-0.1, -0.05) is 48.5 Å². The summed E-state index contributed by atoms with van der Waals surface area (Å²) in [5.41, 5.74) is 2.62. The van der Waals surface area contributed by atoms with Gasteiger partial charge in [0, 0.05) is 48.9 Å². The van der Waals surface area contributed by atoms with Crippen LogP contribution in [0.4, 0.5) is 5.69 Å². The summed E-state index contributed by atoms with van der Waals surface area (Å²) >= 11 is 0. The van der Waals surface area contributed by atoms with Crippen molar-refractivity contribution in [1.82, 2.24) is 9.88 Å². The zero-order valence-corrected chi connectivity index (χ0v) is 20.6. The molecule has 188 valence electrons. The topological polar surface area (TPSA) is 89.9 Å². The maximum absolute atomic E-state index is 13.6. The van der Waals surface area contributed by atoms with Crippen LogP contribution >= 0.6 is 0 Å². The Morgan fingerprint density at radius 2 is 1.70 bits per heavy atom. The number of ether oxygens (including phenoxy) is 2. The predicted octanol–water partition coefficient (Wildman–Crippen LogP) is 3.96. The van der Waals surface area contributed by atoms with Crippen LogP contribution in [0.25, 0.3) is 10.9 Å². The Kier molecular flexibility index (Phi) is 6.64. The molecular weight excluding hydrogens is 470 g/mol. The van der Waals surface area contributed by atoms with E-state index >= 15 is 0 Å². The maximum Gasteiger partial charge on any atom is 0.293 e. The first kappa shape index (κ1) is 24.1. The van der Waals surface area contributed by atoms with Gasteiger partial charge in [0.1, 0.15) is 6.04 Å². The van der Waals surface area contributed by atoms with Gasteiger partial charge in [0.15, 0.2) is 11.5 Å². The molecule has 1 aliphatic rings. The molecule has 0 saturated heterocycles. The van der Waals surface area contributed by atoms with E-state index in [2.05, 4.69) is 5.32 Å². The molecule has 1 aliphatic heterocycles. The second-order valence-corrected chi connectivity index (χ2v) is 8.83. The van der Waals surface area contributed by atoms with E-state index in [0.717, 1.165) is 11.1 Å². The lowest BCUT2D eigenvalue weighted by atomic mass is 10.0. The number of amides is 2. The van der Waals surface area contributed by atoms with E-state index in [1.54, 1.807) is 31.4 Å². The molecule has 0 saturated carbocycles. The number of likely N-dealkylation sites (N-methyl/N-ethyl adjacent to an activating group) is 1. The number of nitrogens with zero attached hydrogens (tertiary/aromatic N) is 2. The summed E-state index contributed by atoms with van der Waals surface area (Å²) in [4.78, 5) is 41.6. The smallest absolute Gasteiger partial charge is 0.293 e. The SMILES string of the molecule is CCn1cc(C(=O)C(=O)N[C@@H](Cc2ccccc2)C(=O)N(C)c2ccc3c(c2)OCO3)c2ccccc21. The molecule has 0 spiro atoms. The standard InChI is InChI=1S/C29H27N3O5/c1-3-32-17-22(21-11-7-8-12-24(21)32)27(33)28(34)30-23(15-19-9-5-4-6-10-19)29(35)31(2)20-13-14-25-26(16-20)37-18-36-25/h4-14,16-17,23H,3,15,18H2,1-2H3,(H,30,34)/t23-/m0/s1. The van der Waals surface area contributed by atoms with Gasteiger partial charge in [-0.25, -0.2) is 0 Å². The van der Waals surface area contributed by atoms with E-state index in [1.165, 1.54) is 4.90 Å². The summed E-state index contributed by atoms with van der Waals surface area (Å²) in [5, 5.41) is 3.42. The second-order valence-electron chi connectivity index (χ2n) is 8.83. The quantitative estimate of drug-likeness (QED) is 0.294. The predicted molar refractivity (Wildman–Crippen MR) is 140 cm³/mol. The fourth-order valence-corrected chi connectivity index (χ4v) is 4.54. The minimum Gasteiger partial charge on any atom is -0.454 e. The highest BCUT2D eigenvalue weighted by Gasteiger charge is 2.30. The van der Waals surface area contributed by atoms with Gasteiger partial charge in [-0.15, -0.1) is 0 Å². The van der Waals surface area contributed by atoms with Gasteiger partial charge in [0.2, 0.25) is 12.7 Å². The molecule has 0 aliphatic carbocycles. The van der Waals surface area contributed by atoms with Gasteiger partial charge in [-0.2, -0.15) is 0 Å². The van der Waals surface area contributed by atoms with Crippen LogP contribution in [0.3, 0.4) is 0 Å². The monoisotopic (exact) mass is 497 g/mol. The minimum atomic E-state index is -0.964. The number of hydrogen-bond acceptors (Lipinski definition) is 5. The lowest BCUT2D eigenvalue weighted by Crippen LogP contribution is -2.50. The normalized spacial score (nSPS) is 12.8. The molecule has 1 N–H and O–H groups in total. The van der Waals surface area contributed by atoms with Crippen molar-refractivity contribution in [2.75, 3.05) is 18.7 Å². The Hall–Kier alpha value is -4.59. The van der Waals surface area contributed by atoms with E-state index < -0.39 is 17.7 Å². The zero-order chi connectivity index (χ0) is 25.9. The van der Waals surface area contributed by atoms with Crippen molar-refractivity contribution in [1.29, 1.82) is 0 Å². The number of carbonyl (C=O) groups is 3. The Labute approximate surface area is 214 Å². The Morgan fingerprint density at radius 1 is 0.973 bits per heavy atom. The Bertz CT molecular complexity index is 1480. The van der Waals surface area contributed by atoms with Crippen LogP contribution in [0.2, 0.25) is 0 Å². The highest BCUT2D eigenvalue weighted by atomic mass is 16.7. The Morgan fingerprint density at radius 3 is 2.49 bits per heavy atom. The largest absolute Gasteiger partial charge is 0.454 e. The summed E-state index contributed by atoms with van der Waals surface area (Å²) in [6.45, 7) is 2.76. The molecule has 8 heteroatoms. The van der Waals surface area contributed by atoms with Crippen molar-refractivity contribution in [3.8, 4) is 11.5 Å². The van der Waals surface area contributed by atoms with Crippen molar-refractivity contribution >= 4 is 34.2 Å². The molecule has 0 unspecified atom stereocenters. The number of hydrogen-bond donors (Lipinski definition) is 1. The second kappa shape index (κ2) is 10.2. The van der Waals surface area contributed by atoms with E-state index in [1.807, 2.05) is 66.1 Å². The molecule has 37 heavy (non-hydrogen) atoms. The summed E-state index contributed by atoms with van der Waals surface area (Å²) < 4.78 is 12.7. The van der Waals surface area contributed by atoms with Crippen LogP contribution in [-0.4, -0.2) is 42.0 Å². The first-order chi connectivity index (χ1) is 18.0. The lowest BCUT2D eigenvalue weighted by Gasteiger charge is -2.25. The number of aromatic nitrogens is 1. The number of rotatable bonds is 8. The molecule has 2 amide bonds. The number of nitrogens with one attached hydrogen (secondary N) is 1. The van der Waals surface area contributed by atoms with Crippen LogP contribution in [0.15, 0.2) is 79.0 Å². The number of aryl methyl sites for hydroxylation is 1. The molecule has 5 rings (SSSR count). The van der Waals surface area contributed by atoms with E-state index in [-0.39, 0.29) is 19.1 Å². The van der Waals surface area contributed by atoms with Gasteiger partial charge in [-0.3, -0.25) is 14.4 Å². The first-order valence-corrected chi connectivity index (χ1v) is 12.1. The third-order valence-corrected chi connectivity index (χ3v) is 6.54. The highest BCUT2D eigenvalue weighted by molar-refractivity contribution is 6.45. The first-order valence-electron chi connectivity index (χ1n) is 12.1. The molecule has 0 bridgehead atoms. The average molecular weight is 498 g/mol. The maximum atomic E-state index is 13.6. The number of benzene rings is 3. The van der Waals surface area contributed by atoms with Gasteiger partial charge in [0.25, 0.3) is 11.7 Å². The average Bonchev–Trinajstić information content (AvgIpc) is 3.56. The molecule has 0 fully saturated rings. The van der Waals surface area contributed by atoms with E-state index in [9.17, 15) is 14.4 Å². The van der Waals surface area contributed by atoms with Gasteiger partial charge in [-0.05, 0) is 30.7 Å². The highest BCUT2D eigenvalue weighted by Crippen LogP contribution is 2.35. The van der Waals surface area contributed by atoms with Gasteiger partial charge >= 0.3 is 0 Å². The number of Topliss-reactive ketones (excluding diaryl/α,β-unsaturated/α-hetero) is 1. The molecule has 8 nitrogen and oxygen atoms in total. The lowest BCUT2D eigenvalue weighted by molar-refractivity contribution is -0.125. The number of carbonyl (C=O) groups excluding carboxylic acids is 3. The molecule has 2 heterocycles. The summed E-state index contributed by atoms with van der Waals surface area (Å²) in [7, 11) is 1.63. The van der Waals surface area contributed by atoms with Crippen molar-refractivity contribution in [3.63, 3.8) is 0 Å². The molecule has 0 radical (unpaired) electrons. The number of anilines is 1. The molecule has 1 atom stereocenters. The molecule has 4 aromatic rings. The fourth-order valence-electron chi connectivity index (χ4n) is 4.54. The fraction of sp³-hybridized carbons (Fsp3) is 0.207. The minimum absolute atomic E-state index is 0.125. The van der Waals surface area contributed by atoms with Crippen LogP contribution in [-0.2, 0) is 22.6 Å². The van der Waals surface area contributed by atoms with Crippen molar-refractivity contribution in [3.05, 3.63) is 90.1 Å². The van der Waals surface area contributed by atoms with Crippen LogP contribution in [0, 0.1) is 0 Å². The Balaban J connectivity index is 1.41. The summed E-state index contributed by atoms with van der Waals surface area (Å²) in [6.07, 6.45) is 1.92. The van der Waals surface area contributed by atoms with Crippen molar-refractivity contribution in [2.45, 2.75) is 25.9 Å². The van der Waals surface area contributed by atoms with Crippen LogP contribution < -0.4 is 19.7 Å². The third kappa shape index (κ3) is 4.78. The number of para-hydroxylation sites is 1. The van der Waals surface area contributed by atoms with Crippen molar-refractivity contribution < 1.29 is 23.9 Å². The van der Waals surface area contributed by atoms with E-state index in [4.69, 9.17) is 9.47 Å². The van der Waals surface area contributed by atoms with Crippen LogP contribution in [0.1, 0.15) is 22.8 Å². The van der Waals surface area contributed by atoms with E-state index in [0.29, 0.717) is 34.7 Å². The molecular formula is C29H27N3O5. The number of ketones is 1. The zero-order valence-electron chi connectivity index (χ0n) is 20.6.